The molecule has 0 bridgehead atoms. The highest BCUT2D eigenvalue weighted by atomic mass is 19.4. The normalized spacial score (nSPS) is 16.1. The third-order valence-corrected chi connectivity index (χ3v) is 3.92. The van der Waals surface area contributed by atoms with Crippen LogP contribution in [0.25, 0.3) is 5.57 Å². The van der Waals surface area contributed by atoms with E-state index in [4.69, 9.17) is 5.73 Å². The van der Waals surface area contributed by atoms with Gasteiger partial charge in [0.15, 0.2) is 0 Å². The topological polar surface area (TPSA) is 88.4 Å². The molecule has 1 heterocycles. The van der Waals surface area contributed by atoms with Crippen LogP contribution in [0.1, 0.15) is 18.9 Å². The van der Waals surface area contributed by atoms with Crippen molar-refractivity contribution in [1.29, 1.82) is 0 Å². The zero-order valence-electron chi connectivity index (χ0n) is 15.9. The quantitative estimate of drug-likeness (QED) is 0.521. The van der Waals surface area contributed by atoms with Gasteiger partial charge >= 0.3 is 6.36 Å². The summed E-state index contributed by atoms with van der Waals surface area (Å²) >= 11 is 0. The highest BCUT2D eigenvalue weighted by molar-refractivity contribution is 5.94. The van der Waals surface area contributed by atoms with Crippen molar-refractivity contribution in [3.05, 3.63) is 71.6 Å². The van der Waals surface area contributed by atoms with Crippen molar-refractivity contribution in [3.8, 4) is 5.75 Å². The number of hydrogen-bond donors (Lipinski definition) is 4. The second kappa shape index (κ2) is 9.83. The monoisotopic (exact) mass is 408 g/mol. The fourth-order valence-electron chi connectivity index (χ4n) is 2.45. The maximum absolute atomic E-state index is 12.2. The van der Waals surface area contributed by atoms with Gasteiger partial charge in [0, 0.05) is 13.1 Å². The van der Waals surface area contributed by atoms with Gasteiger partial charge in [0.2, 0.25) is 0 Å². The summed E-state index contributed by atoms with van der Waals surface area (Å²) in [5, 5.41) is 2.75. The molecule has 29 heavy (non-hydrogen) atoms. The number of rotatable bonds is 7. The minimum absolute atomic E-state index is 0.253. The van der Waals surface area contributed by atoms with Gasteiger partial charge in [-0.25, -0.2) is 5.43 Å². The lowest BCUT2D eigenvalue weighted by Crippen LogP contribution is -2.46. The maximum Gasteiger partial charge on any atom is 0.573 e. The van der Waals surface area contributed by atoms with Gasteiger partial charge in [-0.05, 0) is 35.3 Å². The zero-order valence-corrected chi connectivity index (χ0v) is 15.9. The third-order valence-electron chi connectivity index (χ3n) is 3.92. The molecule has 2 rings (SSSR count). The molecule has 0 saturated heterocycles. The van der Waals surface area contributed by atoms with E-state index < -0.39 is 6.36 Å². The molecule has 1 aliphatic heterocycles. The maximum atomic E-state index is 12.2. The van der Waals surface area contributed by atoms with E-state index in [-0.39, 0.29) is 17.4 Å². The molecule has 1 aliphatic rings. The number of allylic oxidation sites excluding steroid dienone is 4. The predicted molar refractivity (Wildman–Crippen MR) is 105 cm³/mol. The molecule has 0 spiro atoms. The number of nitrogens with two attached hydrogens (primary N) is 1. The second-order valence-electron chi connectivity index (χ2n) is 6.17. The van der Waals surface area contributed by atoms with E-state index in [2.05, 4.69) is 27.5 Å². The largest absolute Gasteiger partial charge is 0.573 e. The standard InChI is InChI=1S/C20H23F3N4O2/c1-3-11-25-19(28)18-17(24)15(12-26-27-18)6-4-5-13(2)14-7-9-16(10-8-14)29-20(21,22)23/h4-10,26-27H,2-3,11-12,24H2,1H3,(H,25,28)/b5-4-,15-6+. The molecule has 0 unspecified atom stereocenters. The fraction of sp³-hybridized carbons (Fsp3) is 0.250. The number of carbonyl (C=O) groups is 1. The Kier molecular flexibility index (Phi) is 7.49. The summed E-state index contributed by atoms with van der Waals surface area (Å²) in [5.41, 5.74) is 14.3. The van der Waals surface area contributed by atoms with Crippen molar-refractivity contribution in [2.45, 2.75) is 19.7 Å². The van der Waals surface area contributed by atoms with E-state index in [0.29, 0.717) is 35.5 Å². The molecule has 156 valence electrons. The van der Waals surface area contributed by atoms with Crippen LogP contribution in [0.4, 0.5) is 13.2 Å². The molecule has 0 atom stereocenters. The summed E-state index contributed by atoms with van der Waals surface area (Å²) in [6.45, 7) is 6.80. The van der Waals surface area contributed by atoms with Gasteiger partial charge < -0.3 is 21.2 Å². The van der Waals surface area contributed by atoms with Gasteiger partial charge in [0.25, 0.3) is 5.91 Å². The van der Waals surface area contributed by atoms with Crippen LogP contribution in [-0.2, 0) is 4.79 Å². The Morgan fingerprint density at radius 1 is 1.34 bits per heavy atom. The summed E-state index contributed by atoms with van der Waals surface area (Å²) < 4.78 is 40.5. The Morgan fingerprint density at radius 2 is 2.03 bits per heavy atom. The smallest absolute Gasteiger partial charge is 0.406 e. The van der Waals surface area contributed by atoms with E-state index in [1.807, 2.05) is 6.92 Å². The van der Waals surface area contributed by atoms with Crippen molar-refractivity contribution in [2.24, 2.45) is 5.73 Å². The first-order valence-electron chi connectivity index (χ1n) is 8.90. The Morgan fingerprint density at radius 3 is 2.66 bits per heavy atom. The Hall–Kier alpha value is -3.20. The highest BCUT2D eigenvalue weighted by Gasteiger charge is 2.30. The van der Waals surface area contributed by atoms with Crippen molar-refractivity contribution < 1.29 is 22.7 Å². The van der Waals surface area contributed by atoms with Crippen molar-refractivity contribution >= 4 is 11.5 Å². The number of halogens is 3. The number of benzene rings is 1. The molecule has 1 aromatic carbocycles. The summed E-state index contributed by atoms with van der Waals surface area (Å²) in [7, 11) is 0. The van der Waals surface area contributed by atoms with E-state index in [1.165, 1.54) is 24.3 Å². The van der Waals surface area contributed by atoms with Gasteiger partial charge in [-0.15, -0.1) is 13.2 Å². The van der Waals surface area contributed by atoms with Gasteiger partial charge in [-0.3, -0.25) is 4.79 Å². The highest BCUT2D eigenvalue weighted by Crippen LogP contribution is 2.24. The second-order valence-corrected chi connectivity index (χ2v) is 6.17. The van der Waals surface area contributed by atoms with E-state index >= 15 is 0 Å². The summed E-state index contributed by atoms with van der Waals surface area (Å²) in [5.74, 6) is -0.593. The van der Waals surface area contributed by atoms with E-state index in [0.717, 1.165) is 6.42 Å². The number of ether oxygens (including phenoxy) is 1. The lowest BCUT2D eigenvalue weighted by Gasteiger charge is -2.22. The lowest BCUT2D eigenvalue weighted by atomic mass is 10.1. The van der Waals surface area contributed by atoms with Crippen molar-refractivity contribution in [2.75, 3.05) is 13.1 Å². The van der Waals surface area contributed by atoms with Crippen LogP contribution in [0.15, 0.2) is 66.0 Å². The predicted octanol–water partition coefficient (Wildman–Crippen LogP) is 2.89. The van der Waals surface area contributed by atoms with Gasteiger partial charge in [-0.2, -0.15) is 0 Å². The molecule has 0 aromatic heterocycles. The first-order chi connectivity index (χ1) is 13.7. The van der Waals surface area contributed by atoms with Crippen LogP contribution in [-0.4, -0.2) is 25.4 Å². The number of alkyl halides is 3. The van der Waals surface area contributed by atoms with Gasteiger partial charge in [-0.1, -0.05) is 43.9 Å². The number of hydrogen-bond acceptors (Lipinski definition) is 5. The molecular formula is C20H23F3N4O2. The molecular weight excluding hydrogens is 385 g/mol. The average molecular weight is 408 g/mol. The molecule has 0 fully saturated rings. The number of carbonyl (C=O) groups excluding carboxylic acids is 1. The first-order valence-corrected chi connectivity index (χ1v) is 8.90. The minimum atomic E-state index is -4.73. The van der Waals surface area contributed by atoms with Crippen LogP contribution in [0, 0.1) is 0 Å². The van der Waals surface area contributed by atoms with Crippen LogP contribution in [0.2, 0.25) is 0 Å². The Bertz CT molecular complexity index is 840. The van der Waals surface area contributed by atoms with Crippen molar-refractivity contribution in [3.63, 3.8) is 0 Å². The van der Waals surface area contributed by atoms with Crippen LogP contribution in [0.5, 0.6) is 5.75 Å². The molecule has 9 heteroatoms. The molecule has 1 aromatic rings. The van der Waals surface area contributed by atoms with Gasteiger partial charge in [0.05, 0.1) is 5.70 Å². The van der Waals surface area contributed by atoms with Gasteiger partial charge in [0.1, 0.15) is 11.4 Å². The summed E-state index contributed by atoms with van der Waals surface area (Å²) in [4.78, 5) is 12.1. The number of amides is 1. The fourth-order valence-corrected chi connectivity index (χ4v) is 2.45. The molecule has 0 aliphatic carbocycles. The van der Waals surface area contributed by atoms with E-state index in [1.54, 1.807) is 18.2 Å². The molecule has 1 amide bonds. The lowest BCUT2D eigenvalue weighted by molar-refractivity contribution is -0.274. The summed E-state index contributed by atoms with van der Waals surface area (Å²) in [6, 6.07) is 5.41. The number of hydrazine groups is 1. The number of nitrogens with one attached hydrogen (secondary N) is 3. The Balaban J connectivity index is 2.06. The molecule has 0 radical (unpaired) electrons. The van der Waals surface area contributed by atoms with Crippen LogP contribution >= 0.6 is 0 Å². The SMILES string of the molecule is C=C(/C=C\C=C1/CNNC(C(=O)NCCC)=C1N)c1ccc(OC(F)(F)F)cc1. The molecule has 6 nitrogen and oxygen atoms in total. The minimum Gasteiger partial charge on any atom is -0.406 e. The van der Waals surface area contributed by atoms with Crippen molar-refractivity contribution in [1.82, 2.24) is 16.2 Å². The van der Waals surface area contributed by atoms with E-state index in [9.17, 15) is 18.0 Å². The zero-order chi connectivity index (χ0) is 21.4. The third kappa shape index (κ3) is 6.72. The van der Waals surface area contributed by atoms with Crippen LogP contribution in [0.3, 0.4) is 0 Å². The summed E-state index contributed by atoms with van der Waals surface area (Å²) in [6.07, 6.45) is 1.22. The molecule has 5 N–H and O–H groups in total. The van der Waals surface area contributed by atoms with Crippen LogP contribution < -0.4 is 26.6 Å². The Labute approximate surface area is 167 Å². The first kappa shape index (κ1) is 22.1. The average Bonchev–Trinajstić information content (AvgIpc) is 2.66. The molecule has 0 saturated carbocycles.